The largest absolute Gasteiger partial charge is 0.346 e. The van der Waals surface area contributed by atoms with Crippen molar-refractivity contribution in [3.05, 3.63) is 64.2 Å². The molecular formula is C18H21ClN6O. The van der Waals surface area contributed by atoms with Crippen LogP contribution in [-0.2, 0) is 13.1 Å². The highest BCUT2D eigenvalue weighted by molar-refractivity contribution is 6.31. The maximum Gasteiger partial charge on any atom is 0.273 e. The first-order valence-electron chi connectivity index (χ1n) is 8.38. The number of nitrogens with one attached hydrogen (secondary N) is 1. The summed E-state index contributed by atoms with van der Waals surface area (Å²) in [5, 5.41) is 16.0. The number of carbonyl (C=O) groups excluding carboxylic acids is 1. The predicted molar refractivity (Wildman–Crippen MR) is 99.2 cm³/mol. The van der Waals surface area contributed by atoms with E-state index in [9.17, 15) is 4.79 Å². The van der Waals surface area contributed by atoms with Crippen molar-refractivity contribution in [2.75, 3.05) is 0 Å². The highest BCUT2D eigenvalue weighted by Crippen LogP contribution is 2.15. The SMILES string of the molecule is Cc1cc(C)n(C[C@H](C)NC(=O)c2cn(Cc3ccccc3Cl)nn2)n1. The number of amides is 1. The predicted octanol–water partition coefficient (Wildman–Crippen LogP) is 2.61. The number of hydrogen-bond donors (Lipinski definition) is 1. The van der Waals surface area contributed by atoms with Gasteiger partial charge in [-0.05, 0) is 38.5 Å². The number of aromatic nitrogens is 5. The zero-order valence-corrected chi connectivity index (χ0v) is 15.7. The molecule has 0 spiro atoms. The second kappa shape index (κ2) is 7.70. The van der Waals surface area contributed by atoms with Gasteiger partial charge in [-0.3, -0.25) is 9.48 Å². The molecule has 136 valence electrons. The number of rotatable bonds is 6. The smallest absolute Gasteiger partial charge is 0.273 e. The monoisotopic (exact) mass is 372 g/mol. The van der Waals surface area contributed by atoms with Gasteiger partial charge in [-0.1, -0.05) is 35.0 Å². The Morgan fingerprint density at radius 2 is 2.08 bits per heavy atom. The molecule has 0 aliphatic carbocycles. The summed E-state index contributed by atoms with van der Waals surface area (Å²) in [7, 11) is 0. The molecule has 7 nitrogen and oxygen atoms in total. The number of nitrogens with zero attached hydrogens (tertiary/aromatic N) is 5. The highest BCUT2D eigenvalue weighted by atomic mass is 35.5. The summed E-state index contributed by atoms with van der Waals surface area (Å²) in [6.45, 7) is 6.93. The third-order valence-electron chi connectivity index (χ3n) is 3.99. The highest BCUT2D eigenvalue weighted by Gasteiger charge is 2.15. The van der Waals surface area contributed by atoms with Gasteiger partial charge in [0.05, 0.1) is 25.0 Å². The van der Waals surface area contributed by atoms with E-state index in [2.05, 4.69) is 20.7 Å². The quantitative estimate of drug-likeness (QED) is 0.721. The fourth-order valence-electron chi connectivity index (χ4n) is 2.74. The third-order valence-corrected chi connectivity index (χ3v) is 4.36. The zero-order chi connectivity index (χ0) is 18.7. The number of halogens is 1. The van der Waals surface area contributed by atoms with E-state index in [0.29, 0.717) is 18.1 Å². The number of benzene rings is 1. The molecule has 8 heteroatoms. The minimum atomic E-state index is -0.260. The lowest BCUT2D eigenvalue weighted by Gasteiger charge is -2.14. The summed E-state index contributed by atoms with van der Waals surface area (Å²) < 4.78 is 3.48. The first kappa shape index (κ1) is 18.1. The van der Waals surface area contributed by atoms with Gasteiger partial charge in [0.2, 0.25) is 0 Å². The lowest BCUT2D eigenvalue weighted by atomic mass is 10.2. The van der Waals surface area contributed by atoms with Crippen molar-refractivity contribution >= 4 is 17.5 Å². The van der Waals surface area contributed by atoms with Crippen LogP contribution >= 0.6 is 11.6 Å². The Morgan fingerprint density at radius 3 is 2.77 bits per heavy atom. The maximum atomic E-state index is 12.4. The molecule has 3 rings (SSSR count). The van der Waals surface area contributed by atoms with Crippen LogP contribution in [0.3, 0.4) is 0 Å². The van der Waals surface area contributed by atoms with Crippen molar-refractivity contribution in [1.82, 2.24) is 30.1 Å². The van der Waals surface area contributed by atoms with Crippen LogP contribution < -0.4 is 5.32 Å². The lowest BCUT2D eigenvalue weighted by Crippen LogP contribution is -2.36. The minimum absolute atomic E-state index is 0.0887. The van der Waals surface area contributed by atoms with Crippen molar-refractivity contribution in [2.45, 2.75) is 39.9 Å². The molecule has 2 aromatic heterocycles. The van der Waals surface area contributed by atoms with E-state index in [1.54, 1.807) is 10.9 Å². The van der Waals surface area contributed by atoms with Crippen LogP contribution in [0.1, 0.15) is 34.4 Å². The first-order chi connectivity index (χ1) is 12.4. The van der Waals surface area contributed by atoms with E-state index in [0.717, 1.165) is 17.0 Å². The number of aryl methyl sites for hydroxylation is 2. The Kier molecular flexibility index (Phi) is 5.37. The molecule has 1 aromatic carbocycles. The molecule has 0 radical (unpaired) electrons. The fourth-order valence-corrected chi connectivity index (χ4v) is 2.94. The van der Waals surface area contributed by atoms with E-state index in [1.807, 2.05) is 55.8 Å². The van der Waals surface area contributed by atoms with Crippen molar-refractivity contribution < 1.29 is 4.79 Å². The van der Waals surface area contributed by atoms with E-state index < -0.39 is 0 Å². The normalized spacial score (nSPS) is 12.2. The Labute approximate surface area is 157 Å². The van der Waals surface area contributed by atoms with Crippen LogP contribution in [0.5, 0.6) is 0 Å². The molecule has 2 heterocycles. The van der Waals surface area contributed by atoms with Crippen molar-refractivity contribution in [1.29, 1.82) is 0 Å². The van der Waals surface area contributed by atoms with Gasteiger partial charge >= 0.3 is 0 Å². The molecule has 1 atom stereocenters. The summed E-state index contributed by atoms with van der Waals surface area (Å²) in [4.78, 5) is 12.4. The first-order valence-corrected chi connectivity index (χ1v) is 8.75. The van der Waals surface area contributed by atoms with Crippen LogP contribution in [0.15, 0.2) is 36.5 Å². The molecule has 0 aliphatic rings. The van der Waals surface area contributed by atoms with Crippen LogP contribution in [0.25, 0.3) is 0 Å². The molecule has 0 saturated heterocycles. The van der Waals surface area contributed by atoms with E-state index in [1.165, 1.54) is 0 Å². The van der Waals surface area contributed by atoms with Crippen LogP contribution in [0.2, 0.25) is 5.02 Å². The molecule has 0 bridgehead atoms. The maximum absolute atomic E-state index is 12.4. The molecule has 0 aliphatic heterocycles. The molecule has 0 unspecified atom stereocenters. The summed E-state index contributed by atoms with van der Waals surface area (Å²) in [5.41, 5.74) is 3.22. The minimum Gasteiger partial charge on any atom is -0.346 e. The van der Waals surface area contributed by atoms with Gasteiger partial charge in [0.1, 0.15) is 0 Å². The van der Waals surface area contributed by atoms with Gasteiger partial charge in [-0.2, -0.15) is 5.10 Å². The van der Waals surface area contributed by atoms with Crippen molar-refractivity contribution in [2.24, 2.45) is 0 Å². The Hall–Kier alpha value is -2.67. The van der Waals surface area contributed by atoms with E-state index in [4.69, 9.17) is 11.6 Å². The average molecular weight is 373 g/mol. The Bertz CT molecular complexity index is 916. The van der Waals surface area contributed by atoms with Gasteiger partial charge in [0.25, 0.3) is 5.91 Å². The summed E-state index contributed by atoms with van der Waals surface area (Å²) in [6.07, 6.45) is 1.62. The van der Waals surface area contributed by atoms with E-state index in [-0.39, 0.29) is 17.6 Å². The number of carbonyl (C=O) groups is 1. The molecule has 0 saturated carbocycles. The average Bonchev–Trinajstić information content (AvgIpc) is 3.16. The molecule has 3 aromatic rings. The molecule has 26 heavy (non-hydrogen) atoms. The standard InChI is InChI=1S/C18H21ClN6O/c1-12-8-14(3)25(22-12)9-13(2)20-18(26)17-11-24(23-21-17)10-15-6-4-5-7-16(15)19/h4-8,11,13H,9-10H2,1-3H3,(H,20,26)/t13-/m0/s1. The van der Waals surface area contributed by atoms with Crippen LogP contribution in [-0.4, -0.2) is 36.7 Å². The second-order valence-corrected chi connectivity index (χ2v) is 6.78. The lowest BCUT2D eigenvalue weighted by molar-refractivity contribution is 0.0930. The molecule has 0 fully saturated rings. The molecular weight excluding hydrogens is 352 g/mol. The van der Waals surface area contributed by atoms with Gasteiger partial charge in [-0.25, -0.2) is 4.68 Å². The second-order valence-electron chi connectivity index (χ2n) is 6.38. The van der Waals surface area contributed by atoms with Crippen molar-refractivity contribution in [3.8, 4) is 0 Å². The van der Waals surface area contributed by atoms with Crippen LogP contribution in [0.4, 0.5) is 0 Å². The fraction of sp³-hybridized carbons (Fsp3) is 0.333. The van der Waals surface area contributed by atoms with Gasteiger partial charge in [-0.15, -0.1) is 5.10 Å². The summed E-state index contributed by atoms with van der Waals surface area (Å²) in [6, 6.07) is 9.44. The molecule has 1 amide bonds. The third kappa shape index (κ3) is 4.29. The topological polar surface area (TPSA) is 77.6 Å². The van der Waals surface area contributed by atoms with Crippen molar-refractivity contribution in [3.63, 3.8) is 0 Å². The summed E-state index contributed by atoms with van der Waals surface area (Å²) in [5.74, 6) is -0.260. The zero-order valence-electron chi connectivity index (χ0n) is 15.0. The van der Waals surface area contributed by atoms with Gasteiger partial charge in [0, 0.05) is 16.8 Å². The Morgan fingerprint density at radius 1 is 1.31 bits per heavy atom. The van der Waals surface area contributed by atoms with E-state index >= 15 is 0 Å². The van der Waals surface area contributed by atoms with Gasteiger partial charge in [0.15, 0.2) is 5.69 Å². The molecule has 1 N–H and O–H groups in total. The van der Waals surface area contributed by atoms with Crippen LogP contribution in [0, 0.1) is 13.8 Å². The Balaban J connectivity index is 1.61. The summed E-state index contributed by atoms with van der Waals surface area (Å²) >= 11 is 6.15. The van der Waals surface area contributed by atoms with Gasteiger partial charge < -0.3 is 5.32 Å². The number of hydrogen-bond acceptors (Lipinski definition) is 4.